The van der Waals surface area contributed by atoms with Crippen molar-refractivity contribution in [2.45, 2.75) is 12.4 Å². The summed E-state index contributed by atoms with van der Waals surface area (Å²) in [4.78, 5) is 21.4. The Bertz CT molecular complexity index is 244. The van der Waals surface area contributed by atoms with Crippen LogP contribution in [0.5, 0.6) is 0 Å². The van der Waals surface area contributed by atoms with E-state index in [1.807, 2.05) is 0 Å². The number of ether oxygens (including phenoxy) is 1. The topological polar surface area (TPSA) is 67.4 Å². The van der Waals surface area contributed by atoms with Gasteiger partial charge < -0.3 is 10.1 Å². The predicted molar refractivity (Wildman–Crippen MR) is 41.5 cm³/mol. The Labute approximate surface area is 73.9 Å². The van der Waals surface area contributed by atoms with Crippen LogP contribution in [0, 0.1) is 0 Å². The first-order valence-electron chi connectivity index (χ1n) is 3.63. The van der Waals surface area contributed by atoms with Crippen LogP contribution in [0.3, 0.4) is 0 Å². The molecule has 1 fully saturated rings. The number of halogens is 1. The summed E-state index contributed by atoms with van der Waals surface area (Å²) in [6.07, 6.45) is -1.71. The van der Waals surface area contributed by atoms with E-state index in [1.54, 1.807) is 5.32 Å². The first-order chi connectivity index (χ1) is 6.15. The molecule has 72 valence electrons. The maximum Gasteiger partial charge on any atom is 0.323 e. The molecule has 0 radical (unpaired) electrons. The molecule has 1 saturated heterocycles. The molecule has 0 spiro atoms. The first kappa shape index (κ1) is 9.66. The van der Waals surface area contributed by atoms with Crippen LogP contribution in [0.25, 0.3) is 0 Å². The molecule has 0 aromatic rings. The predicted octanol–water partition coefficient (Wildman–Crippen LogP) is -0.307. The highest BCUT2D eigenvalue weighted by molar-refractivity contribution is 5.99. The lowest BCUT2D eigenvalue weighted by molar-refractivity contribution is -0.133. The third-order valence-corrected chi connectivity index (χ3v) is 1.42. The smallest absolute Gasteiger partial charge is 0.323 e. The lowest BCUT2D eigenvalue weighted by Gasteiger charge is -2.25. The van der Waals surface area contributed by atoms with Gasteiger partial charge in [-0.2, -0.15) is 0 Å². The van der Waals surface area contributed by atoms with Crippen LogP contribution in [0.2, 0.25) is 0 Å². The molecule has 5 nitrogen and oxygen atoms in total. The van der Waals surface area contributed by atoms with Crippen LogP contribution in [0.15, 0.2) is 12.7 Å². The molecule has 0 aromatic heterocycles. The molecule has 1 aliphatic rings. The fourth-order valence-corrected chi connectivity index (χ4v) is 0.855. The molecule has 1 aliphatic heterocycles. The van der Waals surface area contributed by atoms with E-state index in [4.69, 9.17) is 4.74 Å². The van der Waals surface area contributed by atoms with E-state index < -0.39 is 24.3 Å². The van der Waals surface area contributed by atoms with Crippen molar-refractivity contribution < 1.29 is 18.7 Å². The van der Waals surface area contributed by atoms with E-state index in [2.05, 4.69) is 11.9 Å². The molecule has 6 heteroatoms. The molecular formula is C7H9FN2O3. The minimum absolute atomic E-state index is 0.0681. The second-order valence-corrected chi connectivity index (χ2v) is 2.41. The number of hydrogen-bond donors (Lipinski definition) is 2. The summed E-state index contributed by atoms with van der Waals surface area (Å²) in [6, 6.07) is -0.757. The standard InChI is InChI=1S/C7H9FN2O3/c1-2-3-13-6-4(8)5(11)9-7(12)10-6/h2,4,6H,1,3H2,(H2,9,10,11,12). The van der Waals surface area contributed by atoms with Crippen molar-refractivity contribution in [2.75, 3.05) is 6.61 Å². The number of imide groups is 1. The van der Waals surface area contributed by atoms with Gasteiger partial charge >= 0.3 is 6.03 Å². The van der Waals surface area contributed by atoms with Crippen LogP contribution in [0.1, 0.15) is 0 Å². The number of hydrogen-bond acceptors (Lipinski definition) is 3. The van der Waals surface area contributed by atoms with Crippen molar-refractivity contribution in [1.29, 1.82) is 0 Å². The van der Waals surface area contributed by atoms with Crippen molar-refractivity contribution in [1.82, 2.24) is 10.6 Å². The highest BCUT2D eigenvalue weighted by Crippen LogP contribution is 2.05. The van der Waals surface area contributed by atoms with Gasteiger partial charge in [0.2, 0.25) is 6.17 Å². The van der Waals surface area contributed by atoms with Crippen LogP contribution < -0.4 is 10.6 Å². The Kier molecular flexibility index (Phi) is 2.97. The molecule has 2 atom stereocenters. The fraction of sp³-hybridized carbons (Fsp3) is 0.429. The van der Waals surface area contributed by atoms with E-state index in [-0.39, 0.29) is 6.61 Å². The highest BCUT2D eigenvalue weighted by Gasteiger charge is 2.35. The normalized spacial score (nSPS) is 27.8. The minimum atomic E-state index is -1.88. The van der Waals surface area contributed by atoms with Gasteiger partial charge in [-0.1, -0.05) is 6.08 Å². The van der Waals surface area contributed by atoms with Crippen LogP contribution in [-0.4, -0.2) is 30.9 Å². The summed E-state index contributed by atoms with van der Waals surface area (Å²) in [7, 11) is 0. The van der Waals surface area contributed by atoms with Gasteiger partial charge in [0.1, 0.15) is 0 Å². The zero-order valence-corrected chi connectivity index (χ0v) is 6.75. The zero-order chi connectivity index (χ0) is 9.84. The third-order valence-electron chi connectivity index (χ3n) is 1.42. The molecule has 2 unspecified atom stereocenters. The molecule has 1 rings (SSSR count). The molecule has 0 saturated carbocycles. The molecule has 3 amide bonds. The number of alkyl halides is 1. The summed E-state index contributed by atoms with van der Waals surface area (Å²) < 4.78 is 17.8. The maximum atomic E-state index is 13.0. The van der Waals surface area contributed by atoms with Crippen molar-refractivity contribution in [2.24, 2.45) is 0 Å². The number of carbonyl (C=O) groups is 2. The molecule has 1 heterocycles. The van der Waals surface area contributed by atoms with Crippen molar-refractivity contribution in [3.8, 4) is 0 Å². The van der Waals surface area contributed by atoms with Crippen molar-refractivity contribution in [3.63, 3.8) is 0 Å². The van der Waals surface area contributed by atoms with Gasteiger partial charge in [0, 0.05) is 0 Å². The average molecular weight is 188 g/mol. The molecule has 2 N–H and O–H groups in total. The molecule has 0 bridgehead atoms. The number of nitrogens with one attached hydrogen (secondary N) is 2. The van der Waals surface area contributed by atoms with Crippen molar-refractivity contribution >= 4 is 11.9 Å². The largest absolute Gasteiger partial charge is 0.351 e. The summed E-state index contributed by atoms with van der Waals surface area (Å²) >= 11 is 0. The van der Waals surface area contributed by atoms with Crippen LogP contribution >= 0.6 is 0 Å². The van der Waals surface area contributed by atoms with Crippen molar-refractivity contribution in [3.05, 3.63) is 12.7 Å². The third kappa shape index (κ3) is 2.25. The quantitative estimate of drug-likeness (QED) is 0.597. The minimum Gasteiger partial charge on any atom is -0.351 e. The van der Waals surface area contributed by atoms with E-state index in [9.17, 15) is 14.0 Å². The van der Waals surface area contributed by atoms with E-state index in [0.29, 0.717) is 0 Å². The Balaban J connectivity index is 2.55. The molecule has 0 aliphatic carbocycles. The summed E-state index contributed by atoms with van der Waals surface area (Å²) in [6.45, 7) is 3.42. The Hall–Kier alpha value is -1.43. The van der Waals surface area contributed by atoms with Gasteiger partial charge in [-0.3, -0.25) is 10.1 Å². The van der Waals surface area contributed by atoms with Gasteiger partial charge in [-0.05, 0) is 0 Å². The lowest BCUT2D eigenvalue weighted by atomic mass is 10.3. The summed E-state index contributed by atoms with van der Waals surface area (Å²) in [5.41, 5.74) is 0. The Morgan fingerprint density at radius 1 is 1.62 bits per heavy atom. The number of amides is 3. The Morgan fingerprint density at radius 3 is 2.92 bits per heavy atom. The number of urea groups is 1. The maximum absolute atomic E-state index is 13.0. The van der Waals surface area contributed by atoms with Gasteiger partial charge in [-0.15, -0.1) is 6.58 Å². The van der Waals surface area contributed by atoms with E-state index in [0.717, 1.165) is 0 Å². The van der Waals surface area contributed by atoms with Gasteiger partial charge in [-0.25, -0.2) is 9.18 Å². The van der Waals surface area contributed by atoms with Crippen LogP contribution in [0.4, 0.5) is 9.18 Å². The molecular weight excluding hydrogens is 179 g/mol. The van der Waals surface area contributed by atoms with Gasteiger partial charge in [0.15, 0.2) is 6.23 Å². The summed E-state index contributed by atoms with van der Waals surface area (Å²) in [5, 5.41) is 3.88. The molecule has 13 heavy (non-hydrogen) atoms. The van der Waals surface area contributed by atoms with Gasteiger partial charge in [0.05, 0.1) is 6.61 Å². The number of carbonyl (C=O) groups excluding carboxylic acids is 2. The van der Waals surface area contributed by atoms with Crippen LogP contribution in [-0.2, 0) is 9.53 Å². The average Bonchev–Trinajstić information content (AvgIpc) is 2.09. The highest BCUT2D eigenvalue weighted by atomic mass is 19.1. The zero-order valence-electron chi connectivity index (χ0n) is 6.75. The van der Waals surface area contributed by atoms with E-state index >= 15 is 0 Å². The van der Waals surface area contributed by atoms with Gasteiger partial charge in [0.25, 0.3) is 5.91 Å². The monoisotopic (exact) mass is 188 g/mol. The second-order valence-electron chi connectivity index (χ2n) is 2.41. The second kappa shape index (κ2) is 3.99. The SMILES string of the molecule is C=CCOC1NC(=O)NC(=O)C1F. The first-order valence-corrected chi connectivity index (χ1v) is 3.63. The van der Waals surface area contributed by atoms with E-state index in [1.165, 1.54) is 6.08 Å². The Morgan fingerprint density at radius 2 is 2.31 bits per heavy atom. The number of rotatable bonds is 3. The lowest BCUT2D eigenvalue weighted by Crippen LogP contribution is -2.60. The molecule has 0 aromatic carbocycles. The fourth-order valence-electron chi connectivity index (χ4n) is 0.855. The summed E-state index contributed by atoms with van der Waals surface area (Å²) in [5.74, 6) is -0.988.